The van der Waals surface area contributed by atoms with Crippen molar-refractivity contribution in [2.24, 2.45) is 5.73 Å². The topological polar surface area (TPSA) is 118 Å². The number of nitrogens with two attached hydrogens (primary N) is 1. The van der Waals surface area contributed by atoms with Crippen LogP contribution < -0.4 is 20.7 Å². The van der Waals surface area contributed by atoms with E-state index in [4.69, 9.17) is 32.2 Å². The van der Waals surface area contributed by atoms with E-state index in [1.165, 1.54) is 0 Å². The van der Waals surface area contributed by atoms with Gasteiger partial charge in [0.25, 0.3) is 11.8 Å². The largest absolute Gasteiger partial charge is 0.483 e. The smallest absolute Gasteiger partial charge is 0.258 e. The molecule has 2 aromatic heterocycles. The van der Waals surface area contributed by atoms with Crippen LogP contribution in [0.4, 0.5) is 5.82 Å². The Bertz CT molecular complexity index is 1460. The van der Waals surface area contributed by atoms with Gasteiger partial charge in [0.2, 0.25) is 0 Å². The molecule has 11 heteroatoms. The monoisotopic (exact) mass is 535 g/mol. The SMILES string of the molecule is Cc1c(C#CCN)nc2cc3nn2c1N(C)CCNC(=O)COc1ccc(Cl)cc1C(=O)N1CCCCC31. The lowest BCUT2D eigenvalue weighted by molar-refractivity contribution is -0.123. The van der Waals surface area contributed by atoms with Crippen molar-refractivity contribution in [2.75, 3.05) is 44.7 Å². The van der Waals surface area contributed by atoms with Crippen molar-refractivity contribution in [3.63, 3.8) is 0 Å². The molecule has 3 aromatic rings. The van der Waals surface area contributed by atoms with Gasteiger partial charge in [-0.3, -0.25) is 9.59 Å². The highest BCUT2D eigenvalue weighted by molar-refractivity contribution is 6.31. The van der Waals surface area contributed by atoms with Crippen molar-refractivity contribution in [1.82, 2.24) is 24.8 Å². The maximum absolute atomic E-state index is 13.9. The van der Waals surface area contributed by atoms with Crippen molar-refractivity contribution in [2.45, 2.75) is 32.2 Å². The van der Waals surface area contributed by atoms with Gasteiger partial charge in [-0.05, 0) is 50.3 Å². The zero-order valence-electron chi connectivity index (χ0n) is 21.5. The molecule has 10 nitrogen and oxygen atoms in total. The van der Waals surface area contributed by atoms with Gasteiger partial charge in [0.1, 0.15) is 17.3 Å². The molecule has 1 aromatic carbocycles. The number of nitrogens with one attached hydrogen (secondary N) is 1. The predicted molar refractivity (Wildman–Crippen MR) is 145 cm³/mol. The number of hydrogen-bond acceptors (Lipinski definition) is 7. The minimum absolute atomic E-state index is 0.215. The fourth-order valence-corrected chi connectivity index (χ4v) is 5.22. The number of halogens is 1. The minimum atomic E-state index is -0.290. The standard InChI is InChI=1S/C27H30ClN7O3/c1-17-20(6-5-10-29)31-24-15-21-22-7-3-4-12-34(22)27(37)19-14-18(28)8-9-23(19)38-16-25(36)30-11-13-33(2)26(17)35(24)32-21/h8-9,14-15,22H,3-4,7,10-13,16,29H2,1-2H3,(H,30,36). The molecule has 2 aliphatic heterocycles. The summed E-state index contributed by atoms with van der Waals surface area (Å²) in [5, 5.41) is 8.26. The zero-order valence-corrected chi connectivity index (χ0v) is 22.2. The molecule has 2 aliphatic rings. The Morgan fingerprint density at radius 1 is 1.24 bits per heavy atom. The third-order valence-electron chi connectivity index (χ3n) is 6.90. The molecule has 198 valence electrons. The number of aromatic nitrogens is 3. The van der Waals surface area contributed by atoms with Crippen molar-refractivity contribution in [3.8, 4) is 17.6 Å². The lowest BCUT2D eigenvalue weighted by Gasteiger charge is -2.35. The lowest BCUT2D eigenvalue weighted by atomic mass is 9.98. The maximum Gasteiger partial charge on any atom is 0.258 e. The number of rotatable bonds is 0. The Morgan fingerprint density at radius 2 is 2.08 bits per heavy atom. The second-order valence-corrected chi connectivity index (χ2v) is 9.90. The molecule has 2 amide bonds. The molecule has 3 N–H and O–H groups in total. The number of likely N-dealkylation sites (N-methyl/N-ethyl adjacent to an activating group) is 1. The first-order chi connectivity index (χ1) is 18.4. The normalized spacial score (nSPS) is 18.4. The van der Waals surface area contributed by atoms with Crippen LogP contribution in [0.2, 0.25) is 5.02 Å². The second-order valence-electron chi connectivity index (χ2n) is 9.46. The molecule has 1 atom stereocenters. The predicted octanol–water partition coefficient (Wildman–Crippen LogP) is 2.31. The van der Waals surface area contributed by atoms with Crippen LogP contribution in [-0.2, 0) is 4.79 Å². The maximum atomic E-state index is 13.9. The molecule has 1 unspecified atom stereocenters. The summed E-state index contributed by atoms with van der Waals surface area (Å²) in [6.07, 6.45) is 2.60. The van der Waals surface area contributed by atoms with E-state index in [0.717, 1.165) is 36.3 Å². The van der Waals surface area contributed by atoms with Crippen LogP contribution in [-0.4, -0.2) is 71.1 Å². The minimum Gasteiger partial charge on any atom is -0.483 e. The number of benzene rings is 1. The van der Waals surface area contributed by atoms with Crippen LogP contribution in [0.1, 0.15) is 52.6 Å². The molecular formula is C27H30ClN7O3. The fourth-order valence-electron chi connectivity index (χ4n) is 5.05. The van der Waals surface area contributed by atoms with E-state index in [2.05, 4.69) is 17.2 Å². The van der Waals surface area contributed by atoms with Crippen LogP contribution >= 0.6 is 11.6 Å². The molecule has 4 heterocycles. The van der Waals surface area contributed by atoms with Gasteiger partial charge in [0, 0.05) is 43.3 Å². The first kappa shape index (κ1) is 25.8. The average molecular weight is 536 g/mol. The fraction of sp³-hybridized carbons (Fsp3) is 0.407. The molecule has 2 bridgehead atoms. The Hall–Kier alpha value is -3.81. The molecule has 5 rings (SSSR count). The number of carbonyl (C=O) groups excluding carboxylic acids is 2. The molecule has 0 spiro atoms. The van der Waals surface area contributed by atoms with E-state index in [-0.39, 0.29) is 31.0 Å². The Labute approximate surface area is 226 Å². The van der Waals surface area contributed by atoms with Gasteiger partial charge in [-0.2, -0.15) is 9.61 Å². The average Bonchev–Trinajstić information content (AvgIpc) is 3.33. The third kappa shape index (κ3) is 4.99. The summed E-state index contributed by atoms with van der Waals surface area (Å²) >= 11 is 6.27. The number of fused-ring (bicyclic) bond motifs is 4. The summed E-state index contributed by atoms with van der Waals surface area (Å²) in [7, 11) is 1.94. The Kier molecular flexibility index (Phi) is 7.40. The Morgan fingerprint density at radius 3 is 2.89 bits per heavy atom. The van der Waals surface area contributed by atoms with Gasteiger partial charge in [0.15, 0.2) is 12.3 Å². The molecule has 1 saturated heterocycles. The van der Waals surface area contributed by atoms with E-state index in [0.29, 0.717) is 47.3 Å². The first-order valence-electron chi connectivity index (χ1n) is 12.7. The lowest BCUT2D eigenvalue weighted by Crippen LogP contribution is -2.39. The highest BCUT2D eigenvalue weighted by atomic mass is 35.5. The van der Waals surface area contributed by atoms with Crippen LogP contribution in [0, 0.1) is 18.8 Å². The van der Waals surface area contributed by atoms with Crippen LogP contribution in [0.15, 0.2) is 24.3 Å². The summed E-state index contributed by atoms with van der Waals surface area (Å²) in [5.41, 5.74) is 8.81. The van der Waals surface area contributed by atoms with Crippen molar-refractivity contribution in [1.29, 1.82) is 0 Å². The van der Waals surface area contributed by atoms with E-state index in [9.17, 15) is 9.59 Å². The zero-order chi connectivity index (χ0) is 26.8. The van der Waals surface area contributed by atoms with Crippen LogP contribution in [0.25, 0.3) is 5.65 Å². The Balaban J connectivity index is 1.67. The van der Waals surface area contributed by atoms with Gasteiger partial charge in [-0.15, -0.1) is 0 Å². The highest BCUT2D eigenvalue weighted by Gasteiger charge is 2.33. The van der Waals surface area contributed by atoms with Gasteiger partial charge in [-0.1, -0.05) is 17.5 Å². The van der Waals surface area contributed by atoms with Crippen LogP contribution in [0.5, 0.6) is 5.75 Å². The number of amides is 2. The van der Waals surface area contributed by atoms with E-state index >= 15 is 0 Å². The summed E-state index contributed by atoms with van der Waals surface area (Å²) in [5.74, 6) is 6.60. The van der Waals surface area contributed by atoms with E-state index < -0.39 is 0 Å². The quantitative estimate of drug-likeness (QED) is 0.424. The van der Waals surface area contributed by atoms with Crippen molar-refractivity contribution < 1.29 is 14.3 Å². The van der Waals surface area contributed by atoms with E-state index in [1.807, 2.05) is 29.8 Å². The molecule has 1 fully saturated rings. The molecule has 38 heavy (non-hydrogen) atoms. The van der Waals surface area contributed by atoms with Crippen molar-refractivity contribution >= 4 is 34.9 Å². The van der Waals surface area contributed by atoms with Gasteiger partial charge in [0.05, 0.1) is 23.8 Å². The first-order valence-corrected chi connectivity index (χ1v) is 13.1. The molecule has 0 aliphatic carbocycles. The highest BCUT2D eigenvalue weighted by Crippen LogP contribution is 2.35. The molecule has 0 radical (unpaired) electrons. The number of ether oxygens (including phenoxy) is 1. The number of piperidine rings is 1. The number of nitrogens with zero attached hydrogens (tertiary/aromatic N) is 5. The van der Waals surface area contributed by atoms with Gasteiger partial charge in [-0.25, -0.2) is 4.98 Å². The molecule has 0 saturated carbocycles. The molecular weight excluding hydrogens is 506 g/mol. The number of hydrogen-bond donors (Lipinski definition) is 2. The van der Waals surface area contributed by atoms with Gasteiger partial charge < -0.3 is 25.6 Å². The summed E-state index contributed by atoms with van der Waals surface area (Å²) in [4.78, 5) is 35.1. The third-order valence-corrected chi connectivity index (χ3v) is 7.14. The van der Waals surface area contributed by atoms with E-state index in [1.54, 1.807) is 22.7 Å². The number of carbonyl (C=O) groups is 2. The second kappa shape index (κ2) is 10.9. The van der Waals surface area contributed by atoms with Gasteiger partial charge >= 0.3 is 0 Å². The summed E-state index contributed by atoms with van der Waals surface area (Å²) in [6, 6.07) is 6.55. The summed E-state index contributed by atoms with van der Waals surface area (Å²) in [6.45, 7) is 3.42. The number of anilines is 1. The summed E-state index contributed by atoms with van der Waals surface area (Å²) < 4.78 is 7.60. The van der Waals surface area contributed by atoms with Crippen LogP contribution in [0.3, 0.4) is 0 Å². The van der Waals surface area contributed by atoms with Crippen molar-refractivity contribution in [3.05, 3.63) is 51.8 Å².